The number of nitriles is 1. The fourth-order valence-corrected chi connectivity index (χ4v) is 2.41. The summed E-state index contributed by atoms with van der Waals surface area (Å²) in [5.41, 5.74) is 1.55. The lowest BCUT2D eigenvalue weighted by molar-refractivity contribution is 0.387. The van der Waals surface area contributed by atoms with Gasteiger partial charge in [0.25, 0.3) is 0 Å². The molecule has 2 unspecified atom stereocenters. The van der Waals surface area contributed by atoms with E-state index in [1.165, 1.54) is 6.07 Å². The molecule has 0 heterocycles. The highest BCUT2D eigenvalue weighted by molar-refractivity contribution is 5.48. The topological polar surface area (TPSA) is 35.8 Å². The summed E-state index contributed by atoms with van der Waals surface area (Å²) in [4.78, 5) is 0. The molecule has 1 N–H and O–H groups in total. The maximum absolute atomic E-state index is 13.6. The zero-order valence-electron chi connectivity index (χ0n) is 10.0. The third-order valence-electron chi connectivity index (χ3n) is 3.39. The van der Waals surface area contributed by atoms with Gasteiger partial charge in [0.05, 0.1) is 17.7 Å². The maximum Gasteiger partial charge on any atom is 0.146 e. The van der Waals surface area contributed by atoms with Crippen LogP contribution in [0.5, 0.6) is 0 Å². The van der Waals surface area contributed by atoms with Crippen molar-refractivity contribution in [2.75, 3.05) is 5.32 Å². The number of aryl methyl sites for hydroxylation is 1. The fraction of sp³-hybridized carbons (Fsp3) is 0.500. The van der Waals surface area contributed by atoms with Gasteiger partial charge in [-0.2, -0.15) is 5.26 Å². The first-order valence-corrected chi connectivity index (χ1v) is 6.13. The summed E-state index contributed by atoms with van der Waals surface area (Å²) in [7, 11) is 0. The largest absolute Gasteiger partial charge is 0.379 e. The summed E-state index contributed by atoms with van der Waals surface area (Å²) in [5.74, 6) is -0.235. The minimum Gasteiger partial charge on any atom is -0.379 e. The molecular weight excluding hydrogens is 215 g/mol. The van der Waals surface area contributed by atoms with Gasteiger partial charge in [0.1, 0.15) is 5.82 Å². The van der Waals surface area contributed by atoms with Gasteiger partial charge < -0.3 is 5.32 Å². The first-order valence-electron chi connectivity index (χ1n) is 6.13. The summed E-state index contributed by atoms with van der Waals surface area (Å²) < 4.78 is 13.6. The number of halogens is 1. The molecule has 0 aliphatic heterocycles. The summed E-state index contributed by atoms with van der Waals surface area (Å²) in [6.45, 7) is 1.94. The molecule has 0 radical (unpaired) electrons. The Kier molecular flexibility index (Phi) is 3.63. The van der Waals surface area contributed by atoms with Gasteiger partial charge in [0.15, 0.2) is 0 Å². The SMILES string of the molecule is Cc1ccc(F)c(NC2CCCCC2C#N)c1. The van der Waals surface area contributed by atoms with Gasteiger partial charge in [-0.1, -0.05) is 18.9 Å². The molecule has 1 aromatic carbocycles. The van der Waals surface area contributed by atoms with Crippen molar-refractivity contribution in [3.05, 3.63) is 29.6 Å². The number of anilines is 1. The van der Waals surface area contributed by atoms with Crippen molar-refractivity contribution >= 4 is 5.69 Å². The first-order chi connectivity index (χ1) is 8.20. The van der Waals surface area contributed by atoms with Gasteiger partial charge in [0, 0.05) is 6.04 Å². The third-order valence-corrected chi connectivity index (χ3v) is 3.39. The molecule has 0 spiro atoms. The minimum absolute atomic E-state index is 0.00339. The molecule has 1 aromatic rings. The van der Waals surface area contributed by atoms with Crippen LogP contribution < -0.4 is 5.32 Å². The number of hydrogen-bond donors (Lipinski definition) is 1. The molecular formula is C14H17FN2. The van der Waals surface area contributed by atoms with E-state index in [1.807, 2.05) is 6.92 Å². The number of benzene rings is 1. The van der Waals surface area contributed by atoms with Crippen LogP contribution >= 0.6 is 0 Å². The molecule has 0 bridgehead atoms. The van der Waals surface area contributed by atoms with Crippen LogP contribution in [0, 0.1) is 30.0 Å². The summed E-state index contributed by atoms with van der Waals surface area (Å²) in [5, 5.41) is 12.3. The van der Waals surface area contributed by atoms with E-state index in [9.17, 15) is 4.39 Å². The zero-order chi connectivity index (χ0) is 12.3. The van der Waals surface area contributed by atoms with Crippen LogP contribution in [0.3, 0.4) is 0 Å². The van der Waals surface area contributed by atoms with Crippen molar-refractivity contribution in [1.29, 1.82) is 5.26 Å². The number of hydrogen-bond acceptors (Lipinski definition) is 2. The Labute approximate surface area is 101 Å². The molecule has 0 aromatic heterocycles. The minimum atomic E-state index is -0.238. The predicted molar refractivity (Wildman–Crippen MR) is 66.1 cm³/mol. The van der Waals surface area contributed by atoms with Crippen LogP contribution in [-0.4, -0.2) is 6.04 Å². The number of rotatable bonds is 2. The molecule has 2 atom stereocenters. The molecule has 1 aliphatic carbocycles. The molecule has 90 valence electrons. The lowest BCUT2D eigenvalue weighted by atomic mass is 9.85. The van der Waals surface area contributed by atoms with Gasteiger partial charge in [-0.3, -0.25) is 0 Å². The smallest absolute Gasteiger partial charge is 0.146 e. The molecule has 0 amide bonds. The summed E-state index contributed by atoms with van der Waals surface area (Å²) in [6, 6.07) is 7.44. The molecule has 17 heavy (non-hydrogen) atoms. The lowest BCUT2D eigenvalue weighted by Crippen LogP contribution is -2.31. The van der Waals surface area contributed by atoms with E-state index >= 15 is 0 Å². The molecule has 3 heteroatoms. The van der Waals surface area contributed by atoms with Crippen molar-refractivity contribution in [1.82, 2.24) is 0 Å². The van der Waals surface area contributed by atoms with E-state index in [0.29, 0.717) is 5.69 Å². The van der Waals surface area contributed by atoms with E-state index < -0.39 is 0 Å². The van der Waals surface area contributed by atoms with E-state index in [2.05, 4.69) is 11.4 Å². The predicted octanol–water partition coefficient (Wildman–Crippen LogP) is 3.63. The summed E-state index contributed by atoms with van der Waals surface area (Å²) >= 11 is 0. The van der Waals surface area contributed by atoms with Crippen molar-refractivity contribution in [3.63, 3.8) is 0 Å². The highest BCUT2D eigenvalue weighted by Gasteiger charge is 2.25. The molecule has 2 rings (SSSR count). The second kappa shape index (κ2) is 5.18. The van der Waals surface area contributed by atoms with Crippen LogP contribution in [0.2, 0.25) is 0 Å². The second-order valence-corrected chi connectivity index (χ2v) is 4.75. The van der Waals surface area contributed by atoms with E-state index in [-0.39, 0.29) is 17.8 Å². The average Bonchev–Trinajstić information content (AvgIpc) is 2.34. The quantitative estimate of drug-likeness (QED) is 0.845. The van der Waals surface area contributed by atoms with Crippen LogP contribution in [0.15, 0.2) is 18.2 Å². The van der Waals surface area contributed by atoms with Gasteiger partial charge in [-0.05, 0) is 37.5 Å². The third kappa shape index (κ3) is 2.76. The molecule has 1 fully saturated rings. The van der Waals surface area contributed by atoms with Crippen LogP contribution in [0.1, 0.15) is 31.2 Å². The Bertz CT molecular complexity index is 436. The molecule has 2 nitrogen and oxygen atoms in total. The molecule has 1 saturated carbocycles. The fourth-order valence-electron chi connectivity index (χ4n) is 2.41. The normalized spacial score (nSPS) is 24.1. The highest BCUT2D eigenvalue weighted by Crippen LogP contribution is 2.28. The van der Waals surface area contributed by atoms with E-state index in [4.69, 9.17) is 5.26 Å². The van der Waals surface area contributed by atoms with Crippen LogP contribution in [-0.2, 0) is 0 Å². The number of nitrogens with zero attached hydrogens (tertiary/aromatic N) is 1. The first kappa shape index (κ1) is 11.9. The Morgan fingerprint density at radius 3 is 2.88 bits per heavy atom. The van der Waals surface area contributed by atoms with E-state index in [0.717, 1.165) is 31.2 Å². The van der Waals surface area contributed by atoms with Crippen molar-refractivity contribution in [3.8, 4) is 6.07 Å². The Morgan fingerprint density at radius 2 is 2.12 bits per heavy atom. The average molecular weight is 232 g/mol. The van der Waals surface area contributed by atoms with Crippen LogP contribution in [0.4, 0.5) is 10.1 Å². The number of nitrogens with one attached hydrogen (secondary N) is 1. The van der Waals surface area contributed by atoms with Crippen molar-refractivity contribution < 1.29 is 4.39 Å². The highest BCUT2D eigenvalue weighted by atomic mass is 19.1. The lowest BCUT2D eigenvalue weighted by Gasteiger charge is -2.28. The van der Waals surface area contributed by atoms with Gasteiger partial charge in [-0.15, -0.1) is 0 Å². The standard InChI is InChI=1S/C14H17FN2/c1-10-6-7-12(15)14(8-10)17-13-5-3-2-4-11(13)9-16/h6-8,11,13,17H,2-5H2,1H3. The summed E-state index contributed by atoms with van der Waals surface area (Å²) in [6.07, 6.45) is 4.09. The second-order valence-electron chi connectivity index (χ2n) is 4.75. The Balaban J connectivity index is 2.14. The van der Waals surface area contributed by atoms with Crippen molar-refractivity contribution in [2.24, 2.45) is 5.92 Å². The van der Waals surface area contributed by atoms with Gasteiger partial charge in [0.2, 0.25) is 0 Å². The van der Waals surface area contributed by atoms with E-state index in [1.54, 1.807) is 12.1 Å². The molecule has 1 aliphatic rings. The maximum atomic E-state index is 13.6. The monoisotopic (exact) mass is 232 g/mol. The van der Waals surface area contributed by atoms with Gasteiger partial charge >= 0.3 is 0 Å². The van der Waals surface area contributed by atoms with Crippen molar-refractivity contribution in [2.45, 2.75) is 38.6 Å². The molecule has 0 saturated heterocycles. The van der Waals surface area contributed by atoms with Gasteiger partial charge in [-0.25, -0.2) is 4.39 Å². The Morgan fingerprint density at radius 1 is 1.35 bits per heavy atom. The van der Waals surface area contributed by atoms with Crippen LogP contribution in [0.25, 0.3) is 0 Å². The Hall–Kier alpha value is -1.56. The zero-order valence-corrected chi connectivity index (χ0v) is 10.0.